The van der Waals surface area contributed by atoms with Gasteiger partial charge in [0.2, 0.25) is 5.82 Å². The van der Waals surface area contributed by atoms with Crippen LogP contribution in [0.3, 0.4) is 0 Å². The Morgan fingerprint density at radius 3 is 2.87 bits per heavy atom. The number of H-pyrrole nitrogens is 1. The zero-order valence-corrected chi connectivity index (χ0v) is 17.4. The van der Waals surface area contributed by atoms with Gasteiger partial charge >= 0.3 is 0 Å². The third-order valence-corrected chi connectivity index (χ3v) is 5.21. The number of aromatic nitrogens is 6. The van der Waals surface area contributed by atoms with Gasteiger partial charge in [0.15, 0.2) is 0 Å². The fourth-order valence-corrected chi connectivity index (χ4v) is 3.84. The van der Waals surface area contributed by atoms with Crippen LogP contribution in [-0.4, -0.2) is 61.4 Å². The van der Waals surface area contributed by atoms with Gasteiger partial charge in [-0.2, -0.15) is 15.4 Å². The molecule has 8 nitrogen and oxygen atoms in total. The molecule has 3 aromatic rings. The number of aromatic amines is 1. The Morgan fingerprint density at radius 1 is 1.33 bits per heavy atom. The largest absolute Gasteiger partial charge is 0.368 e. The van der Waals surface area contributed by atoms with Crippen molar-refractivity contribution in [3.8, 4) is 11.4 Å². The van der Waals surface area contributed by atoms with Crippen molar-refractivity contribution in [2.75, 3.05) is 24.5 Å². The van der Waals surface area contributed by atoms with E-state index in [9.17, 15) is 0 Å². The highest BCUT2D eigenvalue weighted by molar-refractivity contribution is 5.76. The van der Waals surface area contributed by atoms with Crippen LogP contribution in [0.4, 0.5) is 10.1 Å². The zero-order valence-electron chi connectivity index (χ0n) is 19.4. The summed E-state index contributed by atoms with van der Waals surface area (Å²) < 4.78 is 32.0. The second-order valence-electron chi connectivity index (χ2n) is 7.83. The maximum atomic E-state index is 15.3. The van der Waals surface area contributed by atoms with Crippen molar-refractivity contribution in [3.05, 3.63) is 47.5 Å². The third kappa shape index (κ3) is 4.46. The average Bonchev–Trinajstić information content (AvgIpc) is 3.28. The van der Waals surface area contributed by atoms with Crippen molar-refractivity contribution in [1.29, 1.82) is 0 Å². The second-order valence-corrected chi connectivity index (χ2v) is 7.83. The van der Waals surface area contributed by atoms with Crippen LogP contribution in [-0.2, 0) is 12.9 Å². The molecule has 4 rings (SSSR count). The van der Waals surface area contributed by atoms with Crippen LogP contribution in [0.25, 0.3) is 11.4 Å². The summed E-state index contributed by atoms with van der Waals surface area (Å²) in [5.74, 6) is -1.42. The van der Waals surface area contributed by atoms with E-state index >= 15 is 4.39 Å². The van der Waals surface area contributed by atoms with Crippen molar-refractivity contribution in [2.24, 2.45) is 5.89 Å². The molecule has 1 unspecified atom stereocenters. The molecular weight excluding hydrogens is 383 g/mol. The normalized spacial score (nSPS) is 20.0. The highest BCUT2D eigenvalue weighted by Crippen LogP contribution is 2.34. The van der Waals surface area contributed by atoms with E-state index in [0.29, 0.717) is 30.9 Å². The number of tetrazole rings is 1. The Morgan fingerprint density at radius 2 is 2.20 bits per heavy atom. The Kier molecular flexibility index (Phi) is 5.26. The number of nitrogens with zero attached hydrogens (tertiary/aromatic N) is 7. The lowest BCUT2D eigenvalue weighted by atomic mass is 9.98. The lowest BCUT2D eigenvalue weighted by molar-refractivity contribution is 0.178. The molecule has 1 aliphatic heterocycles. The van der Waals surface area contributed by atoms with E-state index in [-0.39, 0.29) is 17.4 Å². The van der Waals surface area contributed by atoms with Crippen molar-refractivity contribution in [3.63, 3.8) is 0 Å². The Labute approximate surface area is 178 Å². The molecule has 1 N–H and O–H groups in total. The van der Waals surface area contributed by atoms with Crippen LogP contribution in [0.2, 0.25) is 0 Å². The molecule has 158 valence electrons. The molecule has 2 atom stereocenters. The standard InChI is InChI=1S/C21H27FN8/c1-14(2)9-16-10-18(22)20(21-25-27-28-26-21)19(11-16)30-8-7-29(15(3)12-30)13-17-5-4-6-23-24-17/h4-6,10-11,14-15H,7-9,12-13H2,1-3H3,(H,25,26,27,28)/t15-/m0/s1/i9D,14D/t9?,15-. The topological polar surface area (TPSA) is 86.7 Å². The molecule has 1 aromatic carbocycles. The first-order valence-electron chi connectivity index (χ1n) is 11.1. The van der Waals surface area contributed by atoms with Gasteiger partial charge in [-0.3, -0.25) is 4.90 Å². The molecule has 1 aliphatic rings. The van der Waals surface area contributed by atoms with Gasteiger partial charge in [-0.25, -0.2) is 4.39 Å². The minimum Gasteiger partial charge on any atom is -0.368 e. The van der Waals surface area contributed by atoms with E-state index in [1.165, 1.54) is 6.07 Å². The van der Waals surface area contributed by atoms with E-state index in [1.54, 1.807) is 26.1 Å². The summed E-state index contributed by atoms with van der Waals surface area (Å²) in [6, 6.07) is 7.12. The molecule has 3 heterocycles. The van der Waals surface area contributed by atoms with Gasteiger partial charge in [0.1, 0.15) is 5.82 Å². The smallest absolute Gasteiger partial charge is 0.209 e. The molecule has 1 fully saturated rings. The highest BCUT2D eigenvalue weighted by Gasteiger charge is 2.28. The molecular formula is C21H27FN8. The molecule has 1 saturated heterocycles. The van der Waals surface area contributed by atoms with E-state index in [1.807, 2.05) is 12.1 Å². The predicted octanol–water partition coefficient (Wildman–Crippen LogP) is 2.71. The number of nitrogens with one attached hydrogen (secondary N) is 1. The number of hydrogen-bond donors (Lipinski definition) is 1. The zero-order chi connectivity index (χ0) is 22.9. The summed E-state index contributed by atoms with van der Waals surface area (Å²) in [7, 11) is 0. The van der Waals surface area contributed by atoms with Crippen LogP contribution in [0.15, 0.2) is 30.5 Å². The number of anilines is 1. The number of halogens is 1. The van der Waals surface area contributed by atoms with Crippen LogP contribution >= 0.6 is 0 Å². The van der Waals surface area contributed by atoms with Gasteiger partial charge in [-0.05, 0) is 54.3 Å². The molecule has 0 radical (unpaired) electrons. The van der Waals surface area contributed by atoms with Crippen molar-refractivity contribution >= 4 is 5.69 Å². The van der Waals surface area contributed by atoms with Crippen molar-refractivity contribution < 1.29 is 7.13 Å². The summed E-state index contributed by atoms with van der Waals surface area (Å²) in [6.07, 6.45) is 0.759. The quantitative estimate of drug-likeness (QED) is 0.666. The first-order valence-corrected chi connectivity index (χ1v) is 9.99. The number of rotatable bonds is 6. The lowest BCUT2D eigenvalue weighted by Gasteiger charge is -2.41. The molecule has 0 spiro atoms. The predicted molar refractivity (Wildman–Crippen MR) is 112 cm³/mol. The molecule has 0 bridgehead atoms. The highest BCUT2D eigenvalue weighted by atomic mass is 19.1. The van der Waals surface area contributed by atoms with Gasteiger partial charge < -0.3 is 4.90 Å². The van der Waals surface area contributed by atoms with Gasteiger partial charge in [0, 0.05) is 41.2 Å². The fourth-order valence-electron chi connectivity index (χ4n) is 3.84. The Bertz CT molecular complexity index is 1040. The van der Waals surface area contributed by atoms with Gasteiger partial charge in [-0.1, -0.05) is 13.8 Å². The van der Waals surface area contributed by atoms with E-state index in [4.69, 9.17) is 2.74 Å². The number of benzene rings is 1. The summed E-state index contributed by atoms with van der Waals surface area (Å²) in [5.41, 5.74) is 2.24. The van der Waals surface area contributed by atoms with Gasteiger partial charge in [-0.15, -0.1) is 10.2 Å². The number of hydrogen-bond acceptors (Lipinski definition) is 7. The molecule has 2 aromatic heterocycles. The summed E-state index contributed by atoms with van der Waals surface area (Å²) >= 11 is 0. The maximum Gasteiger partial charge on any atom is 0.209 e. The average molecular weight is 413 g/mol. The van der Waals surface area contributed by atoms with E-state index in [0.717, 1.165) is 12.2 Å². The Hall–Kier alpha value is -2.94. The van der Waals surface area contributed by atoms with Gasteiger partial charge in [0.05, 0.1) is 16.9 Å². The first-order chi connectivity index (χ1) is 15.2. The third-order valence-electron chi connectivity index (χ3n) is 5.21. The molecule has 0 amide bonds. The SMILES string of the molecule is [2H]C(c1cc(F)c(-c2nn[nH]n2)c(N2CCN(Cc3cccnn3)[C@@H](C)C2)c1)C([2H])(C)C. The van der Waals surface area contributed by atoms with E-state index in [2.05, 4.69) is 47.5 Å². The minimum absolute atomic E-state index is 0.172. The van der Waals surface area contributed by atoms with E-state index < -0.39 is 18.1 Å². The number of piperazine rings is 1. The Balaban J connectivity index is 1.65. The maximum absolute atomic E-state index is 15.3. The van der Waals surface area contributed by atoms with Crippen LogP contribution in [0, 0.1) is 11.7 Å². The van der Waals surface area contributed by atoms with Crippen LogP contribution in [0.1, 0.15) is 34.8 Å². The second kappa shape index (κ2) is 8.83. The lowest BCUT2D eigenvalue weighted by Crippen LogP contribution is -2.51. The van der Waals surface area contributed by atoms with Crippen LogP contribution in [0.5, 0.6) is 0 Å². The first kappa shape index (κ1) is 17.9. The summed E-state index contributed by atoms with van der Waals surface area (Å²) in [4.78, 5) is 4.41. The minimum atomic E-state index is -1.07. The molecule has 0 aliphatic carbocycles. The summed E-state index contributed by atoms with van der Waals surface area (Å²) in [6.45, 7) is 8.19. The molecule has 0 saturated carbocycles. The monoisotopic (exact) mass is 412 g/mol. The molecule has 30 heavy (non-hydrogen) atoms. The fraction of sp³-hybridized carbons (Fsp3) is 0.476. The van der Waals surface area contributed by atoms with Crippen molar-refractivity contribution in [1.82, 2.24) is 35.7 Å². The van der Waals surface area contributed by atoms with Gasteiger partial charge in [0.25, 0.3) is 0 Å². The summed E-state index contributed by atoms with van der Waals surface area (Å²) in [5, 5.41) is 22.1. The van der Waals surface area contributed by atoms with Crippen molar-refractivity contribution in [2.45, 2.75) is 39.8 Å². The van der Waals surface area contributed by atoms with Crippen LogP contribution < -0.4 is 4.90 Å². The molecule has 9 heteroatoms.